The third kappa shape index (κ3) is 8.79. The number of halogens is 1. The fraction of sp³-hybridized carbons (Fsp3) is 0.560. The second-order valence-corrected chi connectivity index (χ2v) is 19.9. The topological polar surface area (TPSA) is 121 Å². The summed E-state index contributed by atoms with van der Waals surface area (Å²) >= 11 is 0. The van der Waals surface area contributed by atoms with Gasteiger partial charge in [0.1, 0.15) is 18.8 Å². The highest BCUT2D eigenvalue weighted by molar-refractivity contribution is 5.95. The van der Waals surface area contributed by atoms with Gasteiger partial charge in [0.15, 0.2) is 0 Å². The molecule has 4 aromatic rings. The number of carbonyl (C=O) groups excluding carboxylic acids is 3. The lowest BCUT2D eigenvalue weighted by Gasteiger charge is -2.37. The number of nitrogens with zero attached hydrogens (tertiary/aromatic N) is 4. The second-order valence-electron chi connectivity index (χ2n) is 19.9. The van der Waals surface area contributed by atoms with E-state index < -0.39 is 36.2 Å². The Kier molecular flexibility index (Phi) is 12.7. The van der Waals surface area contributed by atoms with E-state index in [0.29, 0.717) is 31.4 Å². The number of esters is 1. The minimum atomic E-state index is -0.971. The largest absolute Gasteiger partial charge is 0.464 e. The molecule has 0 unspecified atom stereocenters. The first-order valence-electron chi connectivity index (χ1n) is 23.0. The fourth-order valence-electron chi connectivity index (χ4n) is 10.8. The SMILES string of the molecule is CCn1c(-c2cccnc2C(C)C)c2c3cc(ccc31)-c1cc(CF)cc(c1)C[C@H](NC(=O)[C@H](C(C)C)N1CC[C@]3(CCNC3)C1)C(=O)N1CCC[C@H](N1)C(=O)OCC(C)(C)C2. The number of cyclic esters (lactones) is 1. The second kappa shape index (κ2) is 17.8. The molecule has 4 aliphatic rings. The van der Waals surface area contributed by atoms with Crippen molar-refractivity contribution in [2.45, 2.75) is 124 Å². The molecule has 0 aliphatic carbocycles. The molecule has 0 saturated carbocycles. The van der Waals surface area contributed by atoms with Gasteiger partial charge in [-0.1, -0.05) is 59.7 Å². The zero-order valence-electron chi connectivity index (χ0n) is 37.8. The first kappa shape index (κ1) is 44.0. The Labute approximate surface area is 366 Å². The Bertz CT molecular complexity index is 2310. The number of pyridine rings is 1. The van der Waals surface area contributed by atoms with E-state index in [1.54, 1.807) is 0 Å². The zero-order valence-corrected chi connectivity index (χ0v) is 37.8. The molecular weight excluding hydrogens is 782 g/mol. The molecule has 3 fully saturated rings. The van der Waals surface area contributed by atoms with E-state index >= 15 is 0 Å². The van der Waals surface area contributed by atoms with Gasteiger partial charge in [0.05, 0.1) is 24.0 Å². The Morgan fingerprint density at radius 3 is 2.60 bits per heavy atom. The van der Waals surface area contributed by atoms with Crippen molar-refractivity contribution in [3.63, 3.8) is 0 Å². The standard InChI is InChI=1S/C50H66FN7O4/c1-8-57-42-14-13-35-25-38(42)39(45(57)37-11-9-17-53-43(37)31(2)3)26-49(6,7)30-62-48(61)40-12-10-19-58(55-40)47(60)41(24-33-21-34(27-51)23-36(35)22-33)54-46(59)44(32(4)5)56-20-16-50(29-56)15-18-52-28-50/h9,11,13-14,17,21-23,25,31-32,40-41,44,52,55H,8,10,12,15-16,18-20,24,26-30H2,1-7H3,(H,54,59)/t40-,41-,44-,50-/m0/s1. The molecule has 4 atom stereocenters. The number of carbonyl (C=O) groups is 3. The lowest BCUT2D eigenvalue weighted by atomic mass is 9.83. The summed E-state index contributed by atoms with van der Waals surface area (Å²) in [6.45, 7) is 19.1. The third-order valence-electron chi connectivity index (χ3n) is 13.8. The molecule has 0 radical (unpaired) electrons. The van der Waals surface area contributed by atoms with Crippen LogP contribution in [0.4, 0.5) is 4.39 Å². The Hall–Kier alpha value is -4.65. The number of aromatic nitrogens is 2. The van der Waals surface area contributed by atoms with Crippen LogP contribution in [0.2, 0.25) is 0 Å². The summed E-state index contributed by atoms with van der Waals surface area (Å²) in [4.78, 5) is 50.4. The molecule has 12 heteroatoms. The van der Waals surface area contributed by atoms with Crippen LogP contribution in [-0.4, -0.2) is 94.7 Å². The number of hydrogen-bond donors (Lipinski definition) is 3. The van der Waals surface area contributed by atoms with Crippen molar-refractivity contribution in [2.24, 2.45) is 16.7 Å². The first-order chi connectivity index (χ1) is 29.7. The average molecular weight is 848 g/mol. The quantitative estimate of drug-likeness (QED) is 0.158. The van der Waals surface area contributed by atoms with Crippen molar-refractivity contribution in [3.05, 3.63) is 77.1 Å². The van der Waals surface area contributed by atoms with E-state index in [9.17, 15) is 18.8 Å². The van der Waals surface area contributed by atoms with Crippen LogP contribution in [0, 0.1) is 16.7 Å². The van der Waals surface area contributed by atoms with Gasteiger partial charge in [-0.25, -0.2) is 9.82 Å². The van der Waals surface area contributed by atoms with Gasteiger partial charge in [-0.15, -0.1) is 0 Å². The monoisotopic (exact) mass is 848 g/mol. The highest BCUT2D eigenvalue weighted by Gasteiger charge is 2.45. The van der Waals surface area contributed by atoms with Crippen LogP contribution in [0.25, 0.3) is 33.3 Å². The molecule has 8 rings (SSSR count). The van der Waals surface area contributed by atoms with Crippen molar-refractivity contribution in [1.29, 1.82) is 0 Å². The lowest BCUT2D eigenvalue weighted by Crippen LogP contribution is -2.62. The van der Waals surface area contributed by atoms with E-state index in [1.165, 1.54) is 5.01 Å². The van der Waals surface area contributed by atoms with Crippen molar-refractivity contribution in [2.75, 3.05) is 39.3 Å². The Morgan fingerprint density at radius 1 is 1.05 bits per heavy atom. The predicted octanol–water partition coefficient (Wildman–Crippen LogP) is 7.34. The van der Waals surface area contributed by atoms with Gasteiger partial charge in [-0.3, -0.25) is 29.3 Å². The summed E-state index contributed by atoms with van der Waals surface area (Å²) < 4.78 is 23.4. The van der Waals surface area contributed by atoms with E-state index in [4.69, 9.17) is 9.72 Å². The van der Waals surface area contributed by atoms with Gasteiger partial charge >= 0.3 is 5.97 Å². The highest BCUT2D eigenvalue weighted by Crippen LogP contribution is 2.42. The van der Waals surface area contributed by atoms with E-state index in [-0.39, 0.29) is 42.1 Å². The first-order valence-corrected chi connectivity index (χ1v) is 23.0. The molecule has 332 valence electrons. The van der Waals surface area contributed by atoms with Gasteiger partial charge < -0.3 is 19.9 Å². The smallest absolute Gasteiger partial charge is 0.324 e. The van der Waals surface area contributed by atoms with Gasteiger partial charge in [-0.05, 0) is 128 Å². The minimum absolute atomic E-state index is 0.00446. The van der Waals surface area contributed by atoms with Crippen LogP contribution in [0.15, 0.2) is 54.7 Å². The minimum Gasteiger partial charge on any atom is -0.464 e. The normalized spacial score (nSPS) is 23.9. The molecular formula is C50H66FN7O4. The summed E-state index contributed by atoms with van der Waals surface area (Å²) in [7, 11) is 0. The van der Waals surface area contributed by atoms with Crippen LogP contribution in [0.5, 0.6) is 0 Å². The van der Waals surface area contributed by atoms with E-state index in [2.05, 4.69) is 98.3 Å². The van der Waals surface area contributed by atoms with Crippen molar-refractivity contribution in [1.82, 2.24) is 35.5 Å². The van der Waals surface area contributed by atoms with E-state index in [0.717, 1.165) is 95.7 Å². The number of hydrazine groups is 1. The molecule has 62 heavy (non-hydrogen) atoms. The van der Waals surface area contributed by atoms with Crippen molar-refractivity contribution in [3.8, 4) is 22.4 Å². The predicted molar refractivity (Wildman–Crippen MR) is 242 cm³/mol. The number of ether oxygens (including phenoxy) is 1. The van der Waals surface area contributed by atoms with Gasteiger partial charge in [-0.2, -0.15) is 0 Å². The zero-order chi connectivity index (χ0) is 43.9. The summed E-state index contributed by atoms with van der Waals surface area (Å²) in [5, 5.41) is 9.30. The van der Waals surface area contributed by atoms with Crippen LogP contribution in [0.1, 0.15) is 102 Å². The Balaban J connectivity index is 1.24. The number of aryl methyl sites for hydroxylation is 1. The maximum absolute atomic E-state index is 14.9. The number of alkyl halides is 1. The van der Waals surface area contributed by atoms with Gasteiger partial charge in [0.2, 0.25) is 5.91 Å². The summed E-state index contributed by atoms with van der Waals surface area (Å²) in [5.74, 6) is -0.738. The molecule has 2 aromatic heterocycles. The number of fused-ring (bicyclic) bond motifs is 6. The molecule has 2 amide bonds. The summed E-state index contributed by atoms with van der Waals surface area (Å²) in [5.41, 5.74) is 11.3. The summed E-state index contributed by atoms with van der Waals surface area (Å²) in [6, 6.07) is 14.2. The third-order valence-corrected chi connectivity index (χ3v) is 13.8. The lowest BCUT2D eigenvalue weighted by molar-refractivity contribution is -0.155. The number of hydrogen-bond acceptors (Lipinski definition) is 8. The maximum Gasteiger partial charge on any atom is 0.324 e. The van der Waals surface area contributed by atoms with Crippen LogP contribution < -0.4 is 16.1 Å². The molecule has 3 N–H and O–H groups in total. The molecule has 6 heterocycles. The number of benzene rings is 2. The summed E-state index contributed by atoms with van der Waals surface area (Å²) in [6.07, 6.45) is 5.84. The van der Waals surface area contributed by atoms with Crippen LogP contribution >= 0.6 is 0 Å². The highest BCUT2D eigenvalue weighted by atomic mass is 19.1. The molecule has 4 aliphatic heterocycles. The molecule has 11 nitrogen and oxygen atoms in total. The maximum atomic E-state index is 14.9. The Morgan fingerprint density at radius 2 is 1.87 bits per heavy atom. The fourth-order valence-corrected chi connectivity index (χ4v) is 10.8. The van der Waals surface area contributed by atoms with Crippen molar-refractivity contribution >= 4 is 28.7 Å². The van der Waals surface area contributed by atoms with Crippen molar-refractivity contribution < 1.29 is 23.5 Å². The molecule has 6 bridgehead atoms. The number of nitrogens with one attached hydrogen (secondary N) is 3. The molecule has 3 saturated heterocycles. The average Bonchev–Trinajstić information content (AvgIpc) is 3.98. The van der Waals surface area contributed by atoms with Crippen LogP contribution in [-0.2, 0) is 45.2 Å². The van der Waals surface area contributed by atoms with Gasteiger partial charge in [0.25, 0.3) is 5.91 Å². The van der Waals surface area contributed by atoms with Crippen LogP contribution in [0.3, 0.4) is 0 Å². The molecule has 2 aromatic carbocycles. The van der Waals surface area contributed by atoms with E-state index in [1.807, 2.05) is 30.5 Å². The number of amides is 2. The van der Waals surface area contributed by atoms with Gasteiger partial charge in [0, 0.05) is 60.7 Å². The number of rotatable bonds is 8. The number of likely N-dealkylation sites (tertiary alicyclic amines) is 1. The molecule has 1 spiro atoms.